The first-order chi connectivity index (χ1) is 13.2. The van der Waals surface area contributed by atoms with Gasteiger partial charge in [-0.1, -0.05) is 6.07 Å². The van der Waals surface area contributed by atoms with Crippen molar-refractivity contribution in [2.45, 2.75) is 0 Å². The van der Waals surface area contributed by atoms with Crippen LogP contribution in [0.15, 0.2) is 59.3 Å². The number of rotatable bonds is 5. The second-order valence-corrected chi connectivity index (χ2v) is 5.83. The maximum atomic E-state index is 5.86. The predicted octanol–water partition coefficient (Wildman–Crippen LogP) is 4.58. The van der Waals surface area contributed by atoms with E-state index in [2.05, 4.69) is 9.97 Å². The Morgan fingerprint density at radius 1 is 0.852 bits per heavy atom. The quantitative estimate of drug-likeness (QED) is 0.518. The average molecular weight is 362 g/mol. The molecule has 0 saturated carbocycles. The lowest BCUT2D eigenvalue weighted by molar-refractivity contribution is 0.325. The highest BCUT2D eigenvalue weighted by Gasteiger charge is 2.18. The van der Waals surface area contributed by atoms with Crippen LogP contribution in [0.3, 0.4) is 0 Å². The van der Waals surface area contributed by atoms with Crippen molar-refractivity contribution in [2.24, 2.45) is 0 Å². The third-order valence-corrected chi connectivity index (χ3v) is 4.31. The van der Waals surface area contributed by atoms with Gasteiger partial charge >= 0.3 is 0 Å². The zero-order valence-electron chi connectivity index (χ0n) is 15.2. The maximum absolute atomic E-state index is 5.86. The number of benzene rings is 2. The normalized spacial score (nSPS) is 10.8. The monoisotopic (exact) mass is 362 g/mol. The molecule has 4 aromatic rings. The van der Waals surface area contributed by atoms with Crippen molar-refractivity contribution in [3.05, 3.63) is 54.9 Å². The van der Waals surface area contributed by atoms with Crippen LogP contribution in [0, 0.1) is 0 Å². The Morgan fingerprint density at radius 3 is 2.41 bits per heavy atom. The number of hydrogen-bond donors (Lipinski definition) is 0. The summed E-state index contributed by atoms with van der Waals surface area (Å²) < 4.78 is 22.3. The lowest BCUT2D eigenvalue weighted by atomic mass is 10.0. The van der Waals surface area contributed by atoms with Gasteiger partial charge in [-0.3, -0.25) is 4.98 Å². The van der Waals surface area contributed by atoms with Gasteiger partial charge < -0.3 is 18.6 Å². The van der Waals surface area contributed by atoms with Gasteiger partial charge in [-0.05, 0) is 42.0 Å². The lowest BCUT2D eigenvalue weighted by Crippen LogP contribution is -1.96. The van der Waals surface area contributed by atoms with Gasteiger partial charge in [0.1, 0.15) is 5.52 Å². The van der Waals surface area contributed by atoms with E-state index in [9.17, 15) is 0 Å². The third-order valence-electron chi connectivity index (χ3n) is 4.31. The summed E-state index contributed by atoms with van der Waals surface area (Å²) in [5, 5.41) is 0. The van der Waals surface area contributed by atoms with Crippen molar-refractivity contribution in [3.8, 4) is 39.8 Å². The van der Waals surface area contributed by atoms with Crippen LogP contribution in [0.1, 0.15) is 0 Å². The smallest absolute Gasteiger partial charge is 0.228 e. The van der Waals surface area contributed by atoms with Crippen molar-refractivity contribution < 1.29 is 18.6 Å². The summed E-state index contributed by atoms with van der Waals surface area (Å²) in [6, 6.07) is 13.4. The fraction of sp³-hybridized carbons (Fsp3) is 0.143. The maximum Gasteiger partial charge on any atom is 0.228 e. The van der Waals surface area contributed by atoms with E-state index in [-0.39, 0.29) is 0 Å². The van der Waals surface area contributed by atoms with Crippen LogP contribution in [0.2, 0.25) is 0 Å². The van der Waals surface area contributed by atoms with E-state index in [1.165, 1.54) is 0 Å². The molecule has 0 N–H and O–H groups in total. The molecule has 0 unspecified atom stereocenters. The number of ether oxygens (including phenoxy) is 3. The Kier molecular flexibility index (Phi) is 4.38. The van der Waals surface area contributed by atoms with Crippen LogP contribution in [0.5, 0.6) is 17.2 Å². The first-order valence-electron chi connectivity index (χ1n) is 8.35. The molecule has 136 valence electrons. The van der Waals surface area contributed by atoms with Gasteiger partial charge in [0.15, 0.2) is 17.1 Å². The molecule has 0 bridgehead atoms. The van der Waals surface area contributed by atoms with Gasteiger partial charge in [0.05, 0.1) is 26.9 Å². The second kappa shape index (κ2) is 6.99. The highest BCUT2D eigenvalue weighted by atomic mass is 16.5. The average Bonchev–Trinajstić information content (AvgIpc) is 3.16. The van der Waals surface area contributed by atoms with E-state index in [0.717, 1.165) is 22.2 Å². The van der Waals surface area contributed by atoms with Crippen molar-refractivity contribution in [1.82, 2.24) is 9.97 Å². The van der Waals surface area contributed by atoms with Crippen molar-refractivity contribution in [1.29, 1.82) is 0 Å². The molecular formula is C21H18N2O4. The van der Waals surface area contributed by atoms with E-state index in [1.807, 2.05) is 42.5 Å². The Balaban J connectivity index is 1.83. The lowest BCUT2D eigenvalue weighted by Gasteiger charge is -2.15. The number of nitrogens with zero attached hydrogens (tertiary/aromatic N) is 2. The Morgan fingerprint density at radius 2 is 1.70 bits per heavy atom. The van der Waals surface area contributed by atoms with Crippen LogP contribution in [0.25, 0.3) is 33.7 Å². The fourth-order valence-electron chi connectivity index (χ4n) is 3.04. The molecule has 0 aliphatic carbocycles. The van der Waals surface area contributed by atoms with Gasteiger partial charge in [-0.15, -0.1) is 0 Å². The molecule has 0 amide bonds. The number of oxazole rings is 1. The second-order valence-electron chi connectivity index (χ2n) is 5.83. The molecule has 6 heteroatoms. The van der Waals surface area contributed by atoms with Crippen LogP contribution in [-0.2, 0) is 0 Å². The molecular weight excluding hydrogens is 344 g/mol. The van der Waals surface area contributed by atoms with Gasteiger partial charge in [0, 0.05) is 18.0 Å². The van der Waals surface area contributed by atoms with Gasteiger partial charge in [0.2, 0.25) is 11.6 Å². The topological polar surface area (TPSA) is 66.6 Å². The van der Waals surface area contributed by atoms with E-state index >= 15 is 0 Å². The summed E-state index contributed by atoms with van der Waals surface area (Å²) in [5.41, 5.74) is 4.11. The molecule has 0 aliphatic rings. The largest absolute Gasteiger partial charge is 0.493 e. The summed E-state index contributed by atoms with van der Waals surface area (Å²) in [6.07, 6.45) is 3.44. The number of aromatic nitrogens is 2. The minimum atomic E-state index is 0.537. The molecule has 0 aliphatic heterocycles. The highest BCUT2D eigenvalue weighted by Crippen LogP contribution is 2.44. The van der Waals surface area contributed by atoms with Crippen molar-refractivity contribution in [2.75, 3.05) is 21.3 Å². The summed E-state index contributed by atoms with van der Waals surface area (Å²) in [7, 11) is 4.79. The number of pyridine rings is 1. The minimum Gasteiger partial charge on any atom is -0.493 e. The van der Waals surface area contributed by atoms with Crippen LogP contribution < -0.4 is 14.2 Å². The first kappa shape index (κ1) is 16.9. The molecule has 27 heavy (non-hydrogen) atoms. The van der Waals surface area contributed by atoms with Crippen molar-refractivity contribution in [3.63, 3.8) is 0 Å². The SMILES string of the molecule is COc1ccc(-c2ccc3oc(-c4cccnc4)nc3c2)c(OC)c1OC. The van der Waals surface area contributed by atoms with Gasteiger partial charge in [-0.25, -0.2) is 4.98 Å². The number of methoxy groups -OCH3 is 3. The number of hydrogen-bond acceptors (Lipinski definition) is 6. The molecule has 2 heterocycles. The van der Waals surface area contributed by atoms with Gasteiger partial charge in [-0.2, -0.15) is 0 Å². The summed E-state index contributed by atoms with van der Waals surface area (Å²) in [6.45, 7) is 0. The van der Waals surface area contributed by atoms with E-state index in [4.69, 9.17) is 18.6 Å². The first-order valence-corrected chi connectivity index (χ1v) is 8.35. The molecule has 0 radical (unpaired) electrons. The summed E-state index contributed by atoms with van der Waals surface area (Å²) in [5.74, 6) is 2.30. The Hall–Kier alpha value is -3.54. The van der Waals surface area contributed by atoms with Crippen LogP contribution >= 0.6 is 0 Å². The van der Waals surface area contributed by atoms with E-state index in [1.54, 1.807) is 33.7 Å². The Labute approximate surface area is 156 Å². The molecule has 0 spiro atoms. The van der Waals surface area contributed by atoms with Crippen LogP contribution in [-0.4, -0.2) is 31.3 Å². The molecule has 0 fully saturated rings. The zero-order chi connectivity index (χ0) is 18.8. The predicted molar refractivity (Wildman–Crippen MR) is 102 cm³/mol. The summed E-state index contributed by atoms with van der Waals surface area (Å²) >= 11 is 0. The van der Waals surface area contributed by atoms with Crippen molar-refractivity contribution >= 4 is 11.1 Å². The fourth-order valence-corrected chi connectivity index (χ4v) is 3.04. The molecule has 6 nitrogen and oxygen atoms in total. The van der Waals surface area contributed by atoms with Crippen LogP contribution in [0.4, 0.5) is 0 Å². The molecule has 0 saturated heterocycles. The van der Waals surface area contributed by atoms with E-state index in [0.29, 0.717) is 28.7 Å². The zero-order valence-corrected chi connectivity index (χ0v) is 15.2. The molecule has 4 rings (SSSR count). The van der Waals surface area contributed by atoms with E-state index < -0.39 is 0 Å². The molecule has 2 aromatic heterocycles. The molecule has 2 aromatic carbocycles. The third kappa shape index (κ3) is 2.95. The minimum absolute atomic E-state index is 0.537. The summed E-state index contributed by atoms with van der Waals surface area (Å²) in [4.78, 5) is 8.71. The Bertz CT molecular complexity index is 1090. The van der Waals surface area contributed by atoms with Gasteiger partial charge in [0.25, 0.3) is 0 Å². The number of fused-ring (bicyclic) bond motifs is 1. The standard InChI is InChI=1S/C21H18N2O4/c1-24-18-9-7-15(19(25-2)20(18)26-3)13-6-8-17-16(11-13)23-21(27-17)14-5-4-10-22-12-14/h4-12H,1-3H3. The molecule has 0 atom stereocenters. The highest BCUT2D eigenvalue weighted by molar-refractivity contribution is 5.85.